The second-order valence-electron chi connectivity index (χ2n) is 6.27. The molecule has 0 amide bonds. The minimum absolute atomic E-state index is 0.0385. The molecule has 134 valence electrons. The Bertz CT molecular complexity index is 916. The van der Waals surface area contributed by atoms with E-state index in [9.17, 15) is 13.6 Å². The summed E-state index contributed by atoms with van der Waals surface area (Å²) in [6.07, 6.45) is 2.57. The minimum atomic E-state index is -2.99. The van der Waals surface area contributed by atoms with Crippen LogP contribution < -0.4 is 4.74 Å². The van der Waals surface area contributed by atoms with Gasteiger partial charge < -0.3 is 13.9 Å². The van der Waals surface area contributed by atoms with Gasteiger partial charge >= 0.3 is 12.6 Å². The van der Waals surface area contributed by atoms with Crippen LogP contribution in [0.1, 0.15) is 36.3 Å². The molecule has 2 atom stereocenters. The predicted molar refractivity (Wildman–Crippen MR) is 88.9 cm³/mol. The van der Waals surface area contributed by atoms with E-state index in [1.165, 1.54) is 18.2 Å². The normalized spacial score (nSPS) is 23.3. The van der Waals surface area contributed by atoms with Crippen molar-refractivity contribution in [1.82, 2.24) is 0 Å². The lowest BCUT2D eigenvalue weighted by Crippen LogP contribution is -2.10. The Kier molecular flexibility index (Phi) is 4.06. The number of furan rings is 1. The molecule has 0 unspecified atom stereocenters. The number of aliphatic imine (C=N–C) groups is 1. The van der Waals surface area contributed by atoms with Crippen molar-refractivity contribution in [3.8, 4) is 5.75 Å². The molecule has 1 saturated carbocycles. The second kappa shape index (κ2) is 6.40. The summed E-state index contributed by atoms with van der Waals surface area (Å²) in [6, 6.07) is 9.65. The summed E-state index contributed by atoms with van der Waals surface area (Å²) < 4.78 is 40.4. The SMILES string of the molecule is C[C@@H]1C[C@@H]1c1ccc(/C=C2\N=C(c3ccccc3OC(F)F)OC2=O)o1. The molecular weight excluding hydrogens is 344 g/mol. The van der Waals surface area contributed by atoms with Crippen molar-refractivity contribution in [2.24, 2.45) is 10.9 Å². The van der Waals surface area contributed by atoms with Gasteiger partial charge in [-0.05, 0) is 36.6 Å². The van der Waals surface area contributed by atoms with E-state index >= 15 is 0 Å². The number of benzene rings is 1. The summed E-state index contributed by atoms with van der Waals surface area (Å²) in [7, 11) is 0. The quantitative estimate of drug-likeness (QED) is 0.588. The summed E-state index contributed by atoms with van der Waals surface area (Å²) in [6.45, 7) is -0.843. The van der Waals surface area contributed by atoms with Crippen molar-refractivity contribution in [3.05, 3.63) is 59.2 Å². The molecule has 2 aliphatic rings. The lowest BCUT2D eigenvalue weighted by Gasteiger charge is -2.08. The van der Waals surface area contributed by atoms with Gasteiger partial charge in [0.2, 0.25) is 5.90 Å². The average molecular weight is 359 g/mol. The number of hydrogen-bond acceptors (Lipinski definition) is 5. The molecule has 1 aliphatic heterocycles. The maximum absolute atomic E-state index is 12.5. The number of alkyl halides is 2. The van der Waals surface area contributed by atoms with Gasteiger partial charge in [0.25, 0.3) is 0 Å². The number of carbonyl (C=O) groups is 1. The Morgan fingerprint density at radius 3 is 2.77 bits per heavy atom. The molecule has 1 aliphatic carbocycles. The van der Waals surface area contributed by atoms with Gasteiger partial charge in [0.1, 0.15) is 17.3 Å². The van der Waals surface area contributed by atoms with Gasteiger partial charge in [0.15, 0.2) is 5.70 Å². The Hall–Kier alpha value is -2.96. The van der Waals surface area contributed by atoms with E-state index in [2.05, 4.69) is 16.7 Å². The first-order valence-electron chi connectivity index (χ1n) is 8.18. The lowest BCUT2D eigenvalue weighted by atomic mass is 10.2. The van der Waals surface area contributed by atoms with Crippen molar-refractivity contribution in [3.63, 3.8) is 0 Å². The number of halogens is 2. The van der Waals surface area contributed by atoms with Gasteiger partial charge in [-0.1, -0.05) is 19.1 Å². The van der Waals surface area contributed by atoms with Gasteiger partial charge in [-0.15, -0.1) is 0 Å². The van der Waals surface area contributed by atoms with Crippen LogP contribution in [0.3, 0.4) is 0 Å². The Balaban J connectivity index is 1.61. The highest BCUT2D eigenvalue weighted by atomic mass is 19.3. The number of hydrogen-bond donors (Lipinski definition) is 0. The number of nitrogens with zero attached hydrogens (tertiary/aromatic N) is 1. The third-order valence-electron chi connectivity index (χ3n) is 4.36. The van der Waals surface area contributed by atoms with Crippen LogP contribution in [0.4, 0.5) is 8.78 Å². The highest BCUT2D eigenvalue weighted by Gasteiger charge is 2.36. The standard InChI is InChI=1S/C19H15F2NO4/c1-10-8-13(10)16-7-6-11(24-16)9-14-18(23)26-17(22-14)12-4-2-3-5-15(12)25-19(20)21/h2-7,9-10,13,19H,8H2,1H3/b14-9-/t10-,13+/m1/s1. The van der Waals surface area contributed by atoms with Gasteiger partial charge in [-0.3, -0.25) is 0 Å². The molecule has 5 nitrogen and oxygen atoms in total. The van der Waals surface area contributed by atoms with Crippen molar-refractivity contribution in [1.29, 1.82) is 0 Å². The highest BCUT2D eigenvalue weighted by Crippen LogP contribution is 2.47. The number of carbonyl (C=O) groups excluding carboxylic acids is 1. The summed E-state index contributed by atoms with van der Waals surface area (Å²) in [5, 5.41) is 0. The summed E-state index contributed by atoms with van der Waals surface area (Å²) in [5.74, 6) is 1.54. The Morgan fingerprint density at radius 2 is 2.04 bits per heavy atom. The average Bonchev–Trinajstić information content (AvgIpc) is 3.00. The van der Waals surface area contributed by atoms with E-state index in [-0.39, 0.29) is 22.9 Å². The van der Waals surface area contributed by atoms with E-state index in [1.807, 2.05) is 6.07 Å². The zero-order valence-corrected chi connectivity index (χ0v) is 13.8. The molecule has 1 aromatic carbocycles. The molecule has 0 N–H and O–H groups in total. The molecular formula is C19H15F2NO4. The number of para-hydroxylation sites is 1. The van der Waals surface area contributed by atoms with Crippen LogP contribution in [0.15, 0.2) is 51.5 Å². The highest BCUT2D eigenvalue weighted by molar-refractivity contribution is 6.13. The second-order valence-corrected chi connectivity index (χ2v) is 6.27. The number of esters is 1. The Labute approximate surface area is 147 Å². The first kappa shape index (κ1) is 16.5. The summed E-state index contributed by atoms with van der Waals surface area (Å²) >= 11 is 0. The van der Waals surface area contributed by atoms with Crippen molar-refractivity contribution in [2.75, 3.05) is 0 Å². The molecule has 0 spiro atoms. The molecule has 0 bridgehead atoms. The maximum Gasteiger partial charge on any atom is 0.387 e. The van der Waals surface area contributed by atoms with Gasteiger partial charge in [0, 0.05) is 12.0 Å². The molecule has 2 heterocycles. The van der Waals surface area contributed by atoms with E-state index in [1.54, 1.807) is 18.2 Å². The monoisotopic (exact) mass is 359 g/mol. The maximum atomic E-state index is 12.5. The molecule has 2 aromatic rings. The largest absolute Gasteiger partial charge is 0.461 e. The fraction of sp³-hybridized carbons (Fsp3) is 0.263. The van der Waals surface area contributed by atoms with E-state index in [0.717, 1.165) is 12.2 Å². The van der Waals surface area contributed by atoms with Gasteiger partial charge in [-0.2, -0.15) is 8.78 Å². The molecule has 1 aromatic heterocycles. The molecule has 1 fully saturated rings. The number of rotatable bonds is 5. The predicted octanol–water partition coefficient (Wildman–Crippen LogP) is 4.35. The van der Waals surface area contributed by atoms with Crippen LogP contribution in [0, 0.1) is 5.92 Å². The van der Waals surface area contributed by atoms with Crippen LogP contribution in [0.5, 0.6) is 5.75 Å². The minimum Gasteiger partial charge on any atom is -0.461 e. The smallest absolute Gasteiger partial charge is 0.387 e. The zero-order chi connectivity index (χ0) is 18.3. The third kappa shape index (κ3) is 3.24. The molecule has 0 radical (unpaired) electrons. The first-order valence-corrected chi connectivity index (χ1v) is 8.18. The van der Waals surface area contributed by atoms with Crippen LogP contribution in [-0.4, -0.2) is 18.5 Å². The fourth-order valence-corrected chi connectivity index (χ4v) is 2.86. The Morgan fingerprint density at radius 1 is 1.27 bits per heavy atom. The van der Waals surface area contributed by atoms with E-state index in [0.29, 0.717) is 17.6 Å². The molecule has 26 heavy (non-hydrogen) atoms. The van der Waals surface area contributed by atoms with Crippen LogP contribution in [0.25, 0.3) is 6.08 Å². The topological polar surface area (TPSA) is 61.0 Å². The van der Waals surface area contributed by atoms with Crippen LogP contribution in [0.2, 0.25) is 0 Å². The van der Waals surface area contributed by atoms with Gasteiger partial charge in [0.05, 0.1) is 5.56 Å². The number of cyclic esters (lactones) is 1. The summed E-state index contributed by atoms with van der Waals surface area (Å²) in [4.78, 5) is 16.2. The fourth-order valence-electron chi connectivity index (χ4n) is 2.86. The first-order chi connectivity index (χ1) is 12.5. The zero-order valence-electron chi connectivity index (χ0n) is 13.8. The third-order valence-corrected chi connectivity index (χ3v) is 4.36. The van der Waals surface area contributed by atoms with Gasteiger partial charge in [-0.25, -0.2) is 9.79 Å². The van der Waals surface area contributed by atoms with Crippen molar-refractivity contribution >= 4 is 17.9 Å². The van der Waals surface area contributed by atoms with Crippen LogP contribution in [-0.2, 0) is 9.53 Å². The number of ether oxygens (including phenoxy) is 2. The molecule has 0 saturated heterocycles. The molecule has 7 heteroatoms. The van der Waals surface area contributed by atoms with Crippen LogP contribution >= 0.6 is 0 Å². The molecule has 4 rings (SSSR count). The van der Waals surface area contributed by atoms with Crippen molar-refractivity contribution in [2.45, 2.75) is 25.9 Å². The van der Waals surface area contributed by atoms with E-state index in [4.69, 9.17) is 9.15 Å². The van der Waals surface area contributed by atoms with Crippen molar-refractivity contribution < 1.29 is 27.5 Å². The lowest BCUT2D eigenvalue weighted by molar-refractivity contribution is -0.129. The van der Waals surface area contributed by atoms with E-state index < -0.39 is 12.6 Å². The summed E-state index contributed by atoms with van der Waals surface area (Å²) in [5.41, 5.74) is 0.216.